The molecule has 0 bridgehead atoms. The van der Waals surface area contributed by atoms with Gasteiger partial charge in [0.05, 0.1) is 19.1 Å². The molecule has 0 radical (unpaired) electrons. The van der Waals surface area contributed by atoms with Crippen LogP contribution in [0.1, 0.15) is 28.8 Å². The van der Waals surface area contributed by atoms with E-state index in [4.69, 9.17) is 14.2 Å². The van der Waals surface area contributed by atoms with E-state index in [0.717, 1.165) is 17.7 Å². The zero-order valence-electron chi connectivity index (χ0n) is 13.4. The maximum absolute atomic E-state index is 12.4. The first-order valence-electron chi connectivity index (χ1n) is 7.65. The van der Waals surface area contributed by atoms with Crippen LogP contribution in [0.15, 0.2) is 48.5 Å². The number of benzene rings is 2. The minimum atomic E-state index is -0.897. The largest absolute Gasteiger partial charge is 0.497 e. The quantitative estimate of drug-likeness (QED) is 0.845. The summed E-state index contributed by atoms with van der Waals surface area (Å²) in [5.41, 5.74) is 1.78. The van der Waals surface area contributed by atoms with Crippen molar-refractivity contribution in [2.45, 2.75) is 25.0 Å². The van der Waals surface area contributed by atoms with Crippen molar-refractivity contribution in [1.82, 2.24) is 0 Å². The third-order valence-electron chi connectivity index (χ3n) is 4.24. The molecule has 0 aromatic heterocycles. The second kappa shape index (κ2) is 6.42. The fraction of sp³-hybridized carbons (Fsp3) is 0.316. The fourth-order valence-corrected chi connectivity index (χ4v) is 2.84. The van der Waals surface area contributed by atoms with Crippen molar-refractivity contribution in [2.24, 2.45) is 0 Å². The van der Waals surface area contributed by atoms with E-state index in [1.165, 1.54) is 0 Å². The van der Waals surface area contributed by atoms with Crippen LogP contribution >= 0.6 is 0 Å². The van der Waals surface area contributed by atoms with E-state index >= 15 is 0 Å². The van der Waals surface area contributed by atoms with Gasteiger partial charge in [-0.25, -0.2) is 0 Å². The number of Topliss-reactive ketones (excluding diaryl/α,β-unsaturated/α-hetero) is 1. The summed E-state index contributed by atoms with van der Waals surface area (Å²) in [4.78, 5) is 12.4. The Balaban J connectivity index is 1.75. The van der Waals surface area contributed by atoms with Crippen molar-refractivity contribution in [3.05, 3.63) is 59.7 Å². The molecule has 4 nitrogen and oxygen atoms in total. The Bertz CT molecular complexity index is 693. The van der Waals surface area contributed by atoms with Gasteiger partial charge in [-0.3, -0.25) is 4.79 Å². The number of rotatable bonds is 5. The highest BCUT2D eigenvalue weighted by Gasteiger charge is 2.40. The topological polar surface area (TPSA) is 44.8 Å². The SMILES string of the molecule is COc1ccc(CCC2(OC)CC(=O)c3ccccc3O2)cc1. The lowest BCUT2D eigenvalue weighted by Crippen LogP contribution is -2.44. The van der Waals surface area contributed by atoms with E-state index in [0.29, 0.717) is 17.7 Å². The monoisotopic (exact) mass is 312 g/mol. The molecule has 1 atom stereocenters. The molecule has 0 aliphatic carbocycles. The highest BCUT2D eigenvalue weighted by atomic mass is 16.7. The number of fused-ring (bicyclic) bond motifs is 1. The van der Waals surface area contributed by atoms with Gasteiger partial charge in [0.2, 0.25) is 5.79 Å². The van der Waals surface area contributed by atoms with Crippen LogP contribution < -0.4 is 9.47 Å². The molecule has 23 heavy (non-hydrogen) atoms. The van der Waals surface area contributed by atoms with Crippen LogP contribution in [-0.4, -0.2) is 25.8 Å². The van der Waals surface area contributed by atoms with Crippen LogP contribution in [0.4, 0.5) is 0 Å². The minimum absolute atomic E-state index is 0.0587. The number of carbonyl (C=O) groups excluding carboxylic acids is 1. The maximum atomic E-state index is 12.4. The summed E-state index contributed by atoms with van der Waals surface area (Å²) in [6, 6.07) is 15.2. The van der Waals surface area contributed by atoms with Gasteiger partial charge in [-0.1, -0.05) is 24.3 Å². The second-order valence-corrected chi connectivity index (χ2v) is 5.66. The standard InChI is InChI=1S/C19H20O4/c1-21-15-9-7-14(8-10-15)11-12-19(22-2)13-17(20)16-5-3-4-6-18(16)23-19/h3-10H,11-13H2,1-2H3. The molecule has 4 heteroatoms. The lowest BCUT2D eigenvalue weighted by Gasteiger charge is -2.36. The molecule has 3 rings (SSSR count). The lowest BCUT2D eigenvalue weighted by atomic mass is 9.93. The number of carbonyl (C=O) groups is 1. The number of ether oxygens (including phenoxy) is 3. The van der Waals surface area contributed by atoms with E-state index in [9.17, 15) is 4.79 Å². The average molecular weight is 312 g/mol. The molecule has 0 amide bonds. The molecule has 1 aliphatic rings. The summed E-state index contributed by atoms with van der Waals surface area (Å²) in [5.74, 6) is 0.586. The van der Waals surface area contributed by atoms with Crippen LogP contribution in [0, 0.1) is 0 Å². The Morgan fingerprint density at radius 3 is 2.52 bits per heavy atom. The molecular formula is C19H20O4. The molecule has 0 fully saturated rings. The van der Waals surface area contributed by atoms with E-state index in [-0.39, 0.29) is 12.2 Å². The molecule has 2 aromatic carbocycles. The summed E-state index contributed by atoms with van der Waals surface area (Å²) < 4.78 is 16.8. The number of aryl methyl sites for hydroxylation is 1. The summed E-state index contributed by atoms with van der Waals surface area (Å²) in [5, 5.41) is 0. The molecule has 0 saturated carbocycles. The van der Waals surface area contributed by atoms with E-state index < -0.39 is 5.79 Å². The number of hydrogen-bond acceptors (Lipinski definition) is 4. The van der Waals surface area contributed by atoms with E-state index in [1.54, 1.807) is 20.3 Å². The van der Waals surface area contributed by atoms with Crippen molar-refractivity contribution in [1.29, 1.82) is 0 Å². The van der Waals surface area contributed by atoms with Crippen LogP contribution in [0.2, 0.25) is 0 Å². The molecule has 0 saturated heterocycles. The Labute approximate surface area is 136 Å². The van der Waals surface area contributed by atoms with Crippen molar-refractivity contribution < 1.29 is 19.0 Å². The Morgan fingerprint density at radius 1 is 1.09 bits per heavy atom. The molecular weight excluding hydrogens is 292 g/mol. The van der Waals surface area contributed by atoms with Crippen molar-refractivity contribution in [3.63, 3.8) is 0 Å². The zero-order chi connectivity index (χ0) is 16.3. The van der Waals surface area contributed by atoms with Crippen LogP contribution in [0.25, 0.3) is 0 Å². The molecule has 2 aromatic rings. The number of hydrogen-bond donors (Lipinski definition) is 0. The summed E-state index contributed by atoms with van der Waals surface area (Å²) in [6.07, 6.45) is 1.60. The first-order chi connectivity index (χ1) is 11.2. The first kappa shape index (κ1) is 15.6. The highest BCUT2D eigenvalue weighted by Crippen LogP contribution is 2.36. The van der Waals surface area contributed by atoms with Gasteiger partial charge in [-0.2, -0.15) is 0 Å². The fourth-order valence-electron chi connectivity index (χ4n) is 2.84. The first-order valence-corrected chi connectivity index (χ1v) is 7.65. The van der Waals surface area contributed by atoms with E-state index in [2.05, 4.69) is 0 Å². The van der Waals surface area contributed by atoms with Gasteiger partial charge < -0.3 is 14.2 Å². The maximum Gasteiger partial charge on any atom is 0.217 e. The normalized spacial score (nSPS) is 19.8. The number of para-hydroxylation sites is 1. The van der Waals surface area contributed by atoms with Gasteiger partial charge in [0.25, 0.3) is 0 Å². The molecule has 0 spiro atoms. The van der Waals surface area contributed by atoms with Crippen LogP contribution in [-0.2, 0) is 11.2 Å². The summed E-state index contributed by atoms with van der Waals surface area (Å²) in [6.45, 7) is 0. The van der Waals surface area contributed by atoms with Crippen molar-refractivity contribution in [2.75, 3.05) is 14.2 Å². The highest BCUT2D eigenvalue weighted by molar-refractivity contribution is 6.00. The third-order valence-corrected chi connectivity index (χ3v) is 4.24. The Kier molecular flexibility index (Phi) is 4.35. The second-order valence-electron chi connectivity index (χ2n) is 5.66. The Morgan fingerprint density at radius 2 is 1.83 bits per heavy atom. The summed E-state index contributed by atoms with van der Waals surface area (Å²) in [7, 11) is 3.24. The molecule has 0 N–H and O–H groups in total. The number of ketones is 1. The van der Waals surface area contributed by atoms with Crippen molar-refractivity contribution in [3.8, 4) is 11.5 Å². The predicted octanol–water partition coefficient (Wildman–Crippen LogP) is 3.64. The van der Waals surface area contributed by atoms with Gasteiger partial charge in [-0.05, 0) is 36.2 Å². The zero-order valence-corrected chi connectivity index (χ0v) is 13.4. The summed E-state index contributed by atoms with van der Waals surface area (Å²) >= 11 is 0. The molecule has 1 unspecified atom stereocenters. The smallest absolute Gasteiger partial charge is 0.217 e. The van der Waals surface area contributed by atoms with Gasteiger partial charge in [0, 0.05) is 13.5 Å². The van der Waals surface area contributed by atoms with Gasteiger partial charge in [0.1, 0.15) is 11.5 Å². The van der Waals surface area contributed by atoms with Gasteiger partial charge >= 0.3 is 0 Å². The van der Waals surface area contributed by atoms with Crippen molar-refractivity contribution >= 4 is 5.78 Å². The van der Waals surface area contributed by atoms with E-state index in [1.807, 2.05) is 42.5 Å². The average Bonchev–Trinajstić information content (AvgIpc) is 2.60. The number of methoxy groups -OCH3 is 2. The van der Waals surface area contributed by atoms with Crippen LogP contribution in [0.3, 0.4) is 0 Å². The predicted molar refractivity (Wildman–Crippen MR) is 87.1 cm³/mol. The third kappa shape index (κ3) is 3.22. The van der Waals surface area contributed by atoms with Gasteiger partial charge in [-0.15, -0.1) is 0 Å². The molecule has 1 heterocycles. The Hall–Kier alpha value is -2.33. The molecule has 1 aliphatic heterocycles. The molecule has 120 valence electrons. The lowest BCUT2D eigenvalue weighted by molar-refractivity contribution is -0.169. The van der Waals surface area contributed by atoms with Crippen LogP contribution in [0.5, 0.6) is 11.5 Å². The minimum Gasteiger partial charge on any atom is -0.497 e. The van der Waals surface area contributed by atoms with Gasteiger partial charge in [0.15, 0.2) is 5.78 Å².